The van der Waals surface area contributed by atoms with Crippen molar-refractivity contribution in [3.05, 3.63) is 48.0 Å². The lowest BCUT2D eigenvalue weighted by Gasteiger charge is -2.14. The van der Waals surface area contributed by atoms with Gasteiger partial charge >= 0.3 is 0 Å². The predicted molar refractivity (Wildman–Crippen MR) is 107 cm³/mol. The van der Waals surface area contributed by atoms with E-state index in [-0.39, 0.29) is 17.4 Å². The average molecular weight is 424 g/mol. The highest BCUT2D eigenvalue weighted by atomic mass is 19.2. The van der Waals surface area contributed by atoms with Gasteiger partial charge in [0.1, 0.15) is 5.52 Å². The van der Waals surface area contributed by atoms with Gasteiger partial charge in [0.2, 0.25) is 11.7 Å². The summed E-state index contributed by atoms with van der Waals surface area (Å²) in [6, 6.07) is 8.77. The highest BCUT2D eigenvalue weighted by molar-refractivity contribution is 5.80. The number of hydrogen-bond donors (Lipinski definition) is 0. The van der Waals surface area contributed by atoms with E-state index in [0.29, 0.717) is 29.9 Å². The van der Waals surface area contributed by atoms with Gasteiger partial charge in [0, 0.05) is 30.6 Å². The number of amides is 1. The molecule has 0 radical (unpaired) electrons. The van der Waals surface area contributed by atoms with Crippen molar-refractivity contribution in [3.8, 4) is 22.8 Å². The lowest BCUT2D eigenvalue weighted by molar-refractivity contribution is -0.130. The summed E-state index contributed by atoms with van der Waals surface area (Å²) >= 11 is 0. The molecule has 0 saturated carbocycles. The molecule has 0 atom stereocenters. The molecule has 2 aromatic carbocycles. The Morgan fingerprint density at radius 2 is 1.84 bits per heavy atom. The normalized spacial score (nSPS) is 13.9. The molecule has 158 valence electrons. The number of likely N-dealkylation sites (tertiary alicyclic amines) is 1. The van der Waals surface area contributed by atoms with E-state index in [1.165, 1.54) is 6.07 Å². The summed E-state index contributed by atoms with van der Waals surface area (Å²) in [5.41, 5.74) is 2.35. The van der Waals surface area contributed by atoms with Crippen LogP contribution in [0.25, 0.3) is 33.9 Å². The zero-order chi connectivity index (χ0) is 21.4. The van der Waals surface area contributed by atoms with Crippen molar-refractivity contribution >= 4 is 16.9 Å². The molecule has 1 aliphatic rings. The molecule has 3 heterocycles. The van der Waals surface area contributed by atoms with E-state index in [1.807, 2.05) is 11.0 Å². The molecule has 1 fully saturated rings. The lowest BCUT2D eigenvalue weighted by atomic mass is 10.2. The van der Waals surface area contributed by atoms with Crippen molar-refractivity contribution in [2.24, 2.45) is 0 Å². The van der Waals surface area contributed by atoms with Crippen LogP contribution >= 0.6 is 0 Å². The number of fused-ring (bicyclic) bond motifs is 1. The van der Waals surface area contributed by atoms with Crippen molar-refractivity contribution in [2.75, 3.05) is 13.1 Å². The number of carbonyl (C=O) groups excluding carboxylic acids is 1. The zero-order valence-corrected chi connectivity index (χ0v) is 16.5. The summed E-state index contributed by atoms with van der Waals surface area (Å²) in [7, 11) is 0. The fourth-order valence-electron chi connectivity index (χ4n) is 3.69. The minimum Gasteiger partial charge on any atom is -0.343 e. The summed E-state index contributed by atoms with van der Waals surface area (Å²) < 4.78 is 33.5. The zero-order valence-electron chi connectivity index (χ0n) is 16.5. The molecule has 0 aliphatic carbocycles. The van der Waals surface area contributed by atoms with Crippen LogP contribution in [0.1, 0.15) is 19.3 Å². The summed E-state index contributed by atoms with van der Waals surface area (Å²) in [5, 5.41) is 12.3. The molecule has 1 amide bonds. The second-order valence-corrected chi connectivity index (χ2v) is 7.41. The van der Waals surface area contributed by atoms with E-state index in [2.05, 4.69) is 20.5 Å². The molecule has 2 aromatic heterocycles. The largest absolute Gasteiger partial charge is 0.343 e. The van der Waals surface area contributed by atoms with Gasteiger partial charge < -0.3 is 9.42 Å². The lowest BCUT2D eigenvalue weighted by Crippen LogP contribution is -2.28. The molecular weight excluding hydrogens is 406 g/mol. The maximum absolute atomic E-state index is 13.5. The first-order valence-electron chi connectivity index (χ1n) is 9.99. The Kier molecular flexibility index (Phi) is 4.89. The average Bonchev–Trinajstić information content (AvgIpc) is 3.54. The third-order valence-corrected chi connectivity index (χ3v) is 5.36. The van der Waals surface area contributed by atoms with Gasteiger partial charge in [0.05, 0.1) is 12.1 Å². The minimum atomic E-state index is -0.988. The highest BCUT2D eigenvalue weighted by Gasteiger charge is 2.19. The van der Waals surface area contributed by atoms with Crippen LogP contribution in [0.5, 0.6) is 0 Å². The highest BCUT2D eigenvalue weighted by Crippen LogP contribution is 2.25. The van der Waals surface area contributed by atoms with Crippen LogP contribution in [-0.2, 0) is 11.3 Å². The Morgan fingerprint density at radius 3 is 2.65 bits per heavy atom. The Hall–Kier alpha value is -3.69. The van der Waals surface area contributed by atoms with E-state index >= 15 is 0 Å². The van der Waals surface area contributed by atoms with Gasteiger partial charge in [-0.2, -0.15) is 4.98 Å². The van der Waals surface area contributed by atoms with Crippen LogP contribution in [0, 0.1) is 11.6 Å². The standard InChI is InChI=1S/C21H18F2N6O2/c22-15-5-3-14(11-16(15)23)21-24-20(26-31-21)13-4-6-18-17(12-13)25-27-29(18)10-7-19(30)28-8-1-2-9-28/h3-6,11-12H,1-2,7-10H2. The number of aryl methyl sites for hydroxylation is 1. The van der Waals surface area contributed by atoms with Gasteiger partial charge in [0.25, 0.3) is 5.89 Å². The Morgan fingerprint density at radius 1 is 1.03 bits per heavy atom. The number of benzene rings is 2. The van der Waals surface area contributed by atoms with Gasteiger partial charge in [-0.25, -0.2) is 13.5 Å². The van der Waals surface area contributed by atoms with Gasteiger partial charge in [0.15, 0.2) is 11.6 Å². The van der Waals surface area contributed by atoms with Gasteiger partial charge in [-0.1, -0.05) is 10.4 Å². The van der Waals surface area contributed by atoms with Gasteiger partial charge in [-0.15, -0.1) is 5.10 Å². The van der Waals surface area contributed by atoms with Crippen LogP contribution in [0.3, 0.4) is 0 Å². The SMILES string of the molecule is O=C(CCn1nnc2cc(-c3noc(-c4ccc(F)c(F)c4)n3)ccc21)N1CCCC1. The summed E-state index contributed by atoms with van der Waals surface area (Å²) in [6.07, 6.45) is 2.51. The maximum Gasteiger partial charge on any atom is 0.258 e. The molecule has 0 spiro atoms. The van der Waals surface area contributed by atoms with Crippen molar-refractivity contribution in [2.45, 2.75) is 25.8 Å². The first-order chi connectivity index (χ1) is 15.1. The first-order valence-corrected chi connectivity index (χ1v) is 9.99. The molecule has 1 saturated heterocycles. The smallest absolute Gasteiger partial charge is 0.258 e. The predicted octanol–water partition coefficient (Wildman–Crippen LogP) is 3.44. The van der Waals surface area contributed by atoms with Crippen molar-refractivity contribution in [1.82, 2.24) is 30.0 Å². The molecule has 0 N–H and O–H groups in total. The second-order valence-electron chi connectivity index (χ2n) is 7.41. The Balaban J connectivity index is 1.34. The Labute approximate surface area is 175 Å². The summed E-state index contributed by atoms with van der Waals surface area (Å²) in [6.45, 7) is 2.11. The quantitative estimate of drug-likeness (QED) is 0.488. The molecule has 4 aromatic rings. The number of rotatable bonds is 5. The third-order valence-electron chi connectivity index (χ3n) is 5.36. The summed E-state index contributed by atoms with van der Waals surface area (Å²) in [5.74, 6) is -1.43. The topological polar surface area (TPSA) is 89.9 Å². The third kappa shape index (κ3) is 3.76. The van der Waals surface area contributed by atoms with Gasteiger partial charge in [-0.3, -0.25) is 4.79 Å². The molecule has 5 rings (SSSR count). The van der Waals surface area contributed by atoms with E-state index in [4.69, 9.17) is 4.52 Å². The van der Waals surface area contributed by atoms with Crippen LogP contribution in [0.4, 0.5) is 8.78 Å². The molecule has 0 unspecified atom stereocenters. The van der Waals surface area contributed by atoms with Gasteiger partial charge in [-0.05, 0) is 49.2 Å². The van der Waals surface area contributed by atoms with Crippen LogP contribution in [0.15, 0.2) is 40.9 Å². The van der Waals surface area contributed by atoms with Crippen LogP contribution < -0.4 is 0 Å². The van der Waals surface area contributed by atoms with Crippen molar-refractivity contribution < 1.29 is 18.1 Å². The monoisotopic (exact) mass is 424 g/mol. The molecule has 10 heteroatoms. The number of nitrogens with zero attached hydrogens (tertiary/aromatic N) is 6. The number of halogens is 2. The van der Waals surface area contributed by atoms with Crippen molar-refractivity contribution in [1.29, 1.82) is 0 Å². The van der Waals surface area contributed by atoms with E-state index < -0.39 is 11.6 Å². The van der Waals surface area contributed by atoms with Crippen molar-refractivity contribution in [3.63, 3.8) is 0 Å². The number of hydrogen-bond acceptors (Lipinski definition) is 6. The summed E-state index contributed by atoms with van der Waals surface area (Å²) in [4.78, 5) is 18.4. The molecule has 1 aliphatic heterocycles. The van der Waals surface area contributed by atoms with Crippen LogP contribution in [-0.4, -0.2) is 49.0 Å². The Bertz CT molecular complexity index is 1260. The minimum absolute atomic E-state index is 0.0816. The fraction of sp³-hybridized carbons (Fsp3) is 0.286. The number of aromatic nitrogens is 5. The molecule has 31 heavy (non-hydrogen) atoms. The fourth-order valence-corrected chi connectivity index (χ4v) is 3.69. The molecular formula is C21H18F2N6O2. The van der Waals surface area contributed by atoms with E-state index in [1.54, 1.807) is 16.8 Å². The van der Waals surface area contributed by atoms with Crippen LogP contribution in [0.2, 0.25) is 0 Å². The molecule has 8 nitrogen and oxygen atoms in total. The van der Waals surface area contributed by atoms with E-state index in [0.717, 1.165) is 43.6 Å². The van der Waals surface area contributed by atoms with E-state index in [9.17, 15) is 13.6 Å². The second kappa shape index (κ2) is 7.86. The number of carbonyl (C=O) groups is 1. The first kappa shape index (κ1) is 19.3. The maximum atomic E-state index is 13.5. The molecule has 0 bridgehead atoms.